The van der Waals surface area contributed by atoms with Crippen LogP contribution in [0, 0.1) is 0 Å². The van der Waals surface area contributed by atoms with Gasteiger partial charge in [0.1, 0.15) is 6.04 Å². The number of benzene rings is 2. The summed E-state index contributed by atoms with van der Waals surface area (Å²) in [5, 5.41) is 2.71. The van der Waals surface area contributed by atoms with Crippen LogP contribution in [0.4, 0.5) is 11.4 Å². The van der Waals surface area contributed by atoms with Gasteiger partial charge in [0, 0.05) is 11.4 Å². The molecule has 2 aromatic rings. The van der Waals surface area contributed by atoms with Gasteiger partial charge in [-0.1, -0.05) is 25.1 Å². The number of nitrogens with one attached hydrogen (secondary N) is 1. The molecule has 25 heavy (non-hydrogen) atoms. The Balaban J connectivity index is 1.79. The van der Waals surface area contributed by atoms with Gasteiger partial charge in [0.25, 0.3) is 11.8 Å². The van der Waals surface area contributed by atoms with Crippen molar-refractivity contribution in [2.75, 3.05) is 11.1 Å². The number of nitrogens with zero attached hydrogens (tertiary/aromatic N) is 1. The van der Waals surface area contributed by atoms with E-state index in [2.05, 4.69) is 5.32 Å². The molecule has 6 heteroatoms. The van der Waals surface area contributed by atoms with Crippen molar-refractivity contribution in [2.24, 2.45) is 0 Å². The number of amides is 3. The number of nitrogens with two attached hydrogens (primary N) is 1. The van der Waals surface area contributed by atoms with Gasteiger partial charge in [-0.15, -0.1) is 0 Å². The average Bonchev–Trinajstić information content (AvgIpc) is 2.86. The largest absolute Gasteiger partial charge is 0.398 e. The topological polar surface area (TPSA) is 92.5 Å². The van der Waals surface area contributed by atoms with Crippen LogP contribution >= 0.6 is 0 Å². The molecule has 0 spiro atoms. The first kappa shape index (κ1) is 16.7. The van der Waals surface area contributed by atoms with E-state index in [4.69, 9.17) is 5.73 Å². The summed E-state index contributed by atoms with van der Waals surface area (Å²) in [6.07, 6.45) is 0.797. The molecule has 128 valence electrons. The summed E-state index contributed by atoms with van der Waals surface area (Å²) in [6, 6.07) is 10.9. The third kappa shape index (κ3) is 2.87. The van der Waals surface area contributed by atoms with Crippen LogP contribution in [0.1, 0.15) is 40.1 Å². The Morgan fingerprint density at radius 1 is 1.12 bits per heavy atom. The number of carbonyl (C=O) groups is 3. The van der Waals surface area contributed by atoms with Crippen molar-refractivity contribution in [2.45, 2.75) is 26.3 Å². The molecule has 0 fully saturated rings. The quantitative estimate of drug-likeness (QED) is 0.662. The molecule has 3 rings (SSSR count). The highest BCUT2D eigenvalue weighted by molar-refractivity contribution is 6.23. The highest BCUT2D eigenvalue weighted by Gasteiger charge is 2.40. The normalized spacial score (nSPS) is 14.4. The van der Waals surface area contributed by atoms with Crippen molar-refractivity contribution in [3.8, 4) is 0 Å². The number of anilines is 2. The van der Waals surface area contributed by atoms with E-state index < -0.39 is 23.8 Å². The number of nitrogen functional groups attached to an aromatic ring is 1. The summed E-state index contributed by atoms with van der Waals surface area (Å²) in [7, 11) is 0. The lowest BCUT2D eigenvalue weighted by atomic mass is 10.1. The van der Waals surface area contributed by atoms with Crippen LogP contribution in [-0.2, 0) is 11.2 Å². The summed E-state index contributed by atoms with van der Waals surface area (Å²) in [6.45, 7) is 3.52. The minimum Gasteiger partial charge on any atom is -0.398 e. The molecular weight excluding hydrogens is 318 g/mol. The van der Waals surface area contributed by atoms with Crippen molar-refractivity contribution in [3.63, 3.8) is 0 Å². The number of carbonyl (C=O) groups excluding carboxylic acids is 3. The van der Waals surface area contributed by atoms with Gasteiger partial charge in [-0.2, -0.15) is 0 Å². The molecule has 0 aliphatic carbocycles. The van der Waals surface area contributed by atoms with Crippen molar-refractivity contribution in [1.29, 1.82) is 0 Å². The Labute approximate surface area is 145 Å². The molecule has 1 atom stereocenters. The molecule has 0 radical (unpaired) electrons. The van der Waals surface area contributed by atoms with Gasteiger partial charge in [0.15, 0.2) is 0 Å². The predicted octanol–water partition coefficient (Wildman–Crippen LogP) is 2.45. The van der Waals surface area contributed by atoms with Crippen LogP contribution in [0.15, 0.2) is 42.5 Å². The zero-order valence-corrected chi connectivity index (χ0v) is 14.1. The Morgan fingerprint density at radius 2 is 1.72 bits per heavy atom. The lowest BCUT2D eigenvalue weighted by molar-refractivity contribution is -0.119. The second-order valence-electron chi connectivity index (χ2n) is 5.96. The van der Waals surface area contributed by atoms with Crippen LogP contribution in [0.5, 0.6) is 0 Å². The number of hydrogen-bond donors (Lipinski definition) is 2. The highest BCUT2D eigenvalue weighted by Crippen LogP contribution is 2.25. The molecule has 1 aliphatic heterocycles. The van der Waals surface area contributed by atoms with Gasteiger partial charge in [0.2, 0.25) is 5.91 Å². The van der Waals surface area contributed by atoms with Crippen molar-refractivity contribution in [1.82, 2.24) is 4.90 Å². The van der Waals surface area contributed by atoms with E-state index in [0.29, 0.717) is 22.5 Å². The summed E-state index contributed by atoms with van der Waals surface area (Å²) in [5.74, 6) is -1.36. The first-order valence-corrected chi connectivity index (χ1v) is 8.10. The molecule has 1 unspecified atom stereocenters. The molecule has 0 bridgehead atoms. The van der Waals surface area contributed by atoms with E-state index in [0.717, 1.165) is 16.9 Å². The van der Waals surface area contributed by atoms with Crippen molar-refractivity contribution in [3.05, 3.63) is 59.2 Å². The van der Waals surface area contributed by atoms with Crippen molar-refractivity contribution >= 4 is 29.1 Å². The molecule has 0 aromatic heterocycles. The fourth-order valence-electron chi connectivity index (χ4n) is 2.92. The van der Waals surface area contributed by atoms with E-state index in [1.807, 2.05) is 13.0 Å². The van der Waals surface area contributed by atoms with Crippen LogP contribution in [0.3, 0.4) is 0 Å². The zero-order chi connectivity index (χ0) is 18.1. The summed E-state index contributed by atoms with van der Waals surface area (Å²) < 4.78 is 0. The van der Waals surface area contributed by atoms with Crippen LogP contribution in [0.2, 0.25) is 0 Å². The Bertz CT molecular complexity index is 841. The molecule has 3 amide bonds. The average molecular weight is 337 g/mol. The number of rotatable bonds is 4. The van der Waals surface area contributed by atoms with Gasteiger partial charge >= 0.3 is 0 Å². The zero-order valence-electron chi connectivity index (χ0n) is 14.1. The Morgan fingerprint density at radius 3 is 2.24 bits per heavy atom. The van der Waals surface area contributed by atoms with Crippen LogP contribution in [-0.4, -0.2) is 28.7 Å². The van der Waals surface area contributed by atoms with E-state index in [-0.39, 0.29) is 0 Å². The maximum atomic E-state index is 12.5. The maximum Gasteiger partial charge on any atom is 0.262 e. The molecule has 3 N–H and O–H groups in total. The molecule has 2 aromatic carbocycles. The fraction of sp³-hybridized carbons (Fsp3) is 0.211. The molecule has 1 heterocycles. The van der Waals surface area contributed by atoms with Crippen molar-refractivity contribution < 1.29 is 14.4 Å². The number of aryl methyl sites for hydroxylation is 1. The minimum atomic E-state index is -0.931. The predicted molar refractivity (Wildman–Crippen MR) is 95.3 cm³/mol. The van der Waals surface area contributed by atoms with Gasteiger partial charge in [-0.25, -0.2) is 0 Å². The molecule has 1 aliphatic rings. The first-order valence-electron chi connectivity index (χ1n) is 8.10. The first-order chi connectivity index (χ1) is 11.9. The maximum absolute atomic E-state index is 12.5. The van der Waals surface area contributed by atoms with E-state index in [1.54, 1.807) is 36.4 Å². The molecule has 0 saturated carbocycles. The monoisotopic (exact) mass is 337 g/mol. The smallest absolute Gasteiger partial charge is 0.262 e. The SMILES string of the molecule is CCc1ccc(NC(=O)C(C)N2C(=O)c3ccccc3C2=O)cc1N. The van der Waals surface area contributed by atoms with Gasteiger partial charge in [0.05, 0.1) is 11.1 Å². The summed E-state index contributed by atoms with van der Waals surface area (Å²) in [5.41, 5.74) is 8.70. The highest BCUT2D eigenvalue weighted by atomic mass is 16.2. The second-order valence-corrected chi connectivity index (χ2v) is 5.96. The number of imide groups is 1. The third-order valence-electron chi connectivity index (χ3n) is 4.39. The standard InChI is InChI=1S/C19H19N3O3/c1-3-12-8-9-13(10-16(12)20)21-17(23)11(2)22-18(24)14-6-4-5-7-15(14)19(22)25/h4-11H,3,20H2,1-2H3,(H,21,23). The molecule has 0 saturated heterocycles. The van der Waals surface area contributed by atoms with E-state index >= 15 is 0 Å². The summed E-state index contributed by atoms with van der Waals surface area (Å²) in [4.78, 5) is 38.4. The third-order valence-corrected chi connectivity index (χ3v) is 4.39. The molecule has 6 nitrogen and oxygen atoms in total. The molecular formula is C19H19N3O3. The summed E-state index contributed by atoms with van der Waals surface area (Å²) >= 11 is 0. The van der Waals surface area contributed by atoms with Gasteiger partial charge in [-0.05, 0) is 43.2 Å². The lowest BCUT2D eigenvalue weighted by Crippen LogP contribution is -2.45. The van der Waals surface area contributed by atoms with E-state index in [1.165, 1.54) is 6.92 Å². The number of fused-ring (bicyclic) bond motifs is 1. The Kier molecular flexibility index (Phi) is 4.27. The lowest BCUT2D eigenvalue weighted by Gasteiger charge is -2.22. The second kappa shape index (κ2) is 6.39. The van der Waals surface area contributed by atoms with Crippen LogP contribution in [0.25, 0.3) is 0 Å². The van der Waals surface area contributed by atoms with E-state index in [9.17, 15) is 14.4 Å². The fourth-order valence-corrected chi connectivity index (χ4v) is 2.92. The van der Waals surface area contributed by atoms with Gasteiger partial charge < -0.3 is 11.1 Å². The minimum absolute atomic E-state index is 0.323. The van der Waals surface area contributed by atoms with Crippen LogP contribution < -0.4 is 11.1 Å². The number of hydrogen-bond acceptors (Lipinski definition) is 4. The Hall–Kier alpha value is -3.15. The van der Waals surface area contributed by atoms with Gasteiger partial charge in [-0.3, -0.25) is 19.3 Å².